The highest BCUT2D eigenvalue weighted by Crippen LogP contribution is 2.09. The third kappa shape index (κ3) is 6.58. The Morgan fingerprint density at radius 2 is 2.17 bits per heavy atom. The molecule has 1 atom stereocenters. The number of hydrogen-bond acceptors (Lipinski definition) is 4. The summed E-state index contributed by atoms with van der Waals surface area (Å²) in [6.45, 7) is 7.41. The predicted octanol–water partition coefficient (Wildman–Crippen LogP) is 0.338. The van der Waals surface area contributed by atoms with Crippen LogP contribution in [-0.4, -0.2) is 50.1 Å². The van der Waals surface area contributed by atoms with Crippen LogP contribution in [0.25, 0.3) is 0 Å². The lowest BCUT2D eigenvalue weighted by atomic mass is 10.1. The quantitative estimate of drug-likeness (QED) is 0.611. The zero-order valence-corrected chi connectivity index (χ0v) is 11.2. The maximum absolute atomic E-state index is 11.4. The fourth-order valence-corrected chi connectivity index (χ4v) is 2.22. The molecule has 1 heterocycles. The first-order valence-corrected chi connectivity index (χ1v) is 6.79. The molecule has 0 radical (unpaired) electrons. The molecule has 1 rings (SSSR count). The molecule has 0 saturated carbocycles. The Hall–Kier alpha value is -1.12. The van der Waals surface area contributed by atoms with Crippen molar-refractivity contribution in [2.75, 3.05) is 39.3 Å². The van der Waals surface area contributed by atoms with E-state index in [1.165, 1.54) is 25.9 Å². The molecule has 5 heteroatoms. The smallest absolute Gasteiger partial charge is 0.233 e. The number of nitrogens with zero attached hydrogens (tertiary/aromatic N) is 2. The summed E-state index contributed by atoms with van der Waals surface area (Å²) in [5, 5.41) is 14.2. The summed E-state index contributed by atoms with van der Waals surface area (Å²) < 4.78 is 0. The number of nitriles is 1. The summed E-state index contributed by atoms with van der Waals surface area (Å²) in [7, 11) is 0. The van der Waals surface area contributed by atoms with E-state index in [1.807, 2.05) is 6.07 Å². The molecule has 1 fully saturated rings. The van der Waals surface area contributed by atoms with Gasteiger partial charge in [0.1, 0.15) is 0 Å². The fourth-order valence-electron chi connectivity index (χ4n) is 2.22. The second kappa shape index (κ2) is 8.90. The van der Waals surface area contributed by atoms with Gasteiger partial charge in [-0.05, 0) is 38.4 Å². The van der Waals surface area contributed by atoms with E-state index < -0.39 is 0 Å². The van der Waals surface area contributed by atoms with E-state index in [4.69, 9.17) is 5.26 Å². The van der Waals surface area contributed by atoms with E-state index >= 15 is 0 Å². The van der Waals surface area contributed by atoms with Crippen molar-refractivity contribution in [1.82, 2.24) is 15.5 Å². The van der Waals surface area contributed by atoms with Crippen molar-refractivity contribution >= 4 is 5.91 Å². The van der Waals surface area contributed by atoms with Crippen molar-refractivity contribution in [2.45, 2.75) is 26.2 Å². The largest absolute Gasteiger partial charge is 0.354 e. The molecule has 0 spiro atoms. The van der Waals surface area contributed by atoms with Crippen molar-refractivity contribution in [3.8, 4) is 6.07 Å². The molecule has 2 N–H and O–H groups in total. The third-order valence-electron chi connectivity index (χ3n) is 3.11. The van der Waals surface area contributed by atoms with Crippen LogP contribution in [0, 0.1) is 17.2 Å². The van der Waals surface area contributed by atoms with E-state index in [0.717, 1.165) is 13.1 Å². The highest BCUT2D eigenvalue weighted by Gasteiger charge is 2.14. The highest BCUT2D eigenvalue weighted by molar-refractivity contribution is 5.77. The minimum Gasteiger partial charge on any atom is -0.354 e. The molecule has 0 aromatic carbocycles. The SMILES string of the molecule is CC(CNCC(=O)NCCC#N)CN1CCCC1. The summed E-state index contributed by atoms with van der Waals surface area (Å²) in [6.07, 6.45) is 3.01. The van der Waals surface area contributed by atoms with E-state index in [-0.39, 0.29) is 5.91 Å². The molecule has 0 aromatic rings. The van der Waals surface area contributed by atoms with Gasteiger partial charge in [-0.25, -0.2) is 0 Å². The lowest BCUT2D eigenvalue weighted by molar-refractivity contribution is -0.120. The number of amides is 1. The normalized spacial score (nSPS) is 17.3. The van der Waals surface area contributed by atoms with E-state index in [2.05, 4.69) is 22.5 Å². The van der Waals surface area contributed by atoms with Gasteiger partial charge in [-0.2, -0.15) is 5.26 Å². The van der Waals surface area contributed by atoms with Gasteiger partial charge in [0.25, 0.3) is 0 Å². The number of likely N-dealkylation sites (tertiary alicyclic amines) is 1. The van der Waals surface area contributed by atoms with Crippen LogP contribution in [0.4, 0.5) is 0 Å². The molecule has 0 bridgehead atoms. The van der Waals surface area contributed by atoms with Crippen molar-refractivity contribution in [1.29, 1.82) is 5.26 Å². The molecule has 1 saturated heterocycles. The highest BCUT2D eigenvalue weighted by atomic mass is 16.1. The zero-order chi connectivity index (χ0) is 13.2. The van der Waals surface area contributed by atoms with Crippen LogP contribution in [0.3, 0.4) is 0 Å². The van der Waals surface area contributed by atoms with Crippen LogP contribution in [0.1, 0.15) is 26.2 Å². The number of carbonyl (C=O) groups excluding carboxylic acids is 1. The Labute approximate surface area is 110 Å². The van der Waals surface area contributed by atoms with Crippen LogP contribution in [0.5, 0.6) is 0 Å². The van der Waals surface area contributed by atoms with Crippen LogP contribution >= 0.6 is 0 Å². The fraction of sp³-hybridized carbons (Fsp3) is 0.846. The summed E-state index contributed by atoms with van der Waals surface area (Å²) in [6, 6.07) is 2.00. The maximum atomic E-state index is 11.4. The average Bonchev–Trinajstić information content (AvgIpc) is 2.82. The third-order valence-corrected chi connectivity index (χ3v) is 3.11. The van der Waals surface area contributed by atoms with Crippen LogP contribution in [0.15, 0.2) is 0 Å². The Morgan fingerprint density at radius 3 is 2.83 bits per heavy atom. The molecule has 1 aliphatic heterocycles. The second-order valence-electron chi connectivity index (χ2n) is 5.00. The van der Waals surface area contributed by atoms with Crippen molar-refractivity contribution in [2.24, 2.45) is 5.92 Å². The van der Waals surface area contributed by atoms with Gasteiger partial charge in [-0.3, -0.25) is 4.79 Å². The molecule has 1 aliphatic rings. The molecule has 18 heavy (non-hydrogen) atoms. The molecule has 0 aromatic heterocycles. The lowest BCUT2D eigenvalue weighted by Gasteiger charge is -2.20. The second-order valence-corrected chi connectivity index (χ2v) is 5.00. The monoisotopic (exact) mass is 252 g/mol. The summed E-state index contributed by atoms with van der Waals surface area (Å²) in [5.74, 6) is 0.536. The van der Waals surface area contributed by atoms with Crippen molar-refractivity contribution in [3.05, 3.63) is 0 Å². The average molecular weight is 252 g/mol. The van der Waals surface area contributed by atoms with Crippen LogP contribution in [-0.2, 0) is 4.79 Å². The molecule has 1 unspecified atom stereocenters. The zero-order valence-electron chi connectivity index (χ0n) is 11.2. The van der Waals surface area contributed by atoms with Gasteiger partial charge >= 0.3 is 0 Å². The van der Waals surface area contributed by atoms with E-state index in [1.54, 1.807) is 0 Å². The molecule has 102 valence electrons. The lowest BCUT2D eigenvalue weighted by Crippen LogP contribution is -2.38. The summed E-state index contributed by atoms with van der Waals surface area (Å²) >= 11 is 0. The first kappa shape index (κ1) is 14.9. The number of hydrogen-bond donors (Lipinski definition) is 2. The van der Waals surface area contributed by atoms with Crippen molar-refractivity contribution < 1.29 is 4.79 Å². The van der Waals surface area contributed by atoms with Gasteiger partial charge in [0, 0.05) is 13.1 Å². The van der Waals surface area contributed by atoms with Crippen molar-refractivity contribution in [3.63, 3.8) is 0 Å². The minimum absolute atomic E-state index is 0.0291. The van der Waals surface area contributed by atoms with Gasteiger partial charge < -0.3 is 15.5 Å². The van der Waals surface area contributed by atoms with Gasteiger partial charge in [0.2, 0.25) is 5.91 Å². The maximum Gasteiger partial charge on any atom is 0.233 e. The minimum atomic E-state index is -0.0291. The van der Waals surface area contributed by atoms with Gasteiger partial charge in [0.05, 0.1) is 19.0 Å². The van der Waals surface area contributed by atoms with Gasteiger partial charge in [-0.15, -0.1) is 0 Å². The van der Waals surface area contributed by atoms with Crippen LogP contribution < -0.4 is 10.6 Å². The molecular weight excluding hydrogens is 228 g/mol. The first-order chi connectivity index (χ1) is 8.72. The topological polar surface area (TPSA) is 68.2 Å². The van der Waals surface area contributed by atoms with E-state index in [0.29, 0.717) is 25.4 Å². The number of carbonyl (C=O) groups is 1. The molecule has 1 amide bonds. The summed E-state index contributed by atoms with van der Waals surface area (Å²) in [5.41, 5.74) is 0. The standard InChI is InChI=1S/C13H24N4O/c1-12(11-17-7-2-3-8-17)9-15-10-13(18)16-6-4-5-14/h12,15H,2-4,6-11H2,1H3,(H,16,18). The first-order valence-electron chi connectivity index (χ1n) is 6.79. The molecule has 5 nitrogen and oxygen atoms in total. The summed E-state index contributed by atoms with van der Waals surface area (Å²) in [4.78, 5) is 13.8. The van der Waals surface area contributed by atoms with Crippen LogP contribution in [0.2, 0.25) is 0 Å². The Morgan fingerprint density at radius 1 is 1.44 bits per heavy atom. The number of rotatable bonds is 8. The molecular formula is C13H24N4O. The number of nitrogens with one attached hydrogen (secondary N) is 2. The Kier molecular flexibility index (Phi) is 7.38. The van der Waals surface area contributed by atoms with Gasteiger partial charge in [0.15, 0.2) is 0 Å². The van der Waals surface area contributed by atoms with Gasteiger partial charge in [-0.1, -0.05) is 6.92 Å². The Balaban J connectivity index is 1.98. The predicted molar refractivity (Wildman–Crippen MR) is 70.9 cm³/mol. The Bertz CT molecular complexity index is 281. The van der Waals surface area contributed by atoms with E-state index in [9.17, 15) is 4.79 Å². The molecule has 0 aliphatic carbocycles.